The monoisotopic (exact) mass is 1330 g/mol. The maximum absolute atomic E-state index is 12.2. The van der Waals surface area contributed by atoms with E-state index in [2.05, 4.69) is 37.9 Å². The van der Waals surface area contributed by atoms with Crippen LogP contribution in [0.25, 0.3) is 0 Å². The molecule has 0 aromatic carbocycles. The van der Waals surface area contributed by atoms with E-state index in [9.17, 15) is 53.1 Å². The molecule has 0 spiro atoms. The van der Waals surface area contributed by atoms with E-state index in [0.29, 0.717) is 41.0 Å². The van der Waals surface area contributed by atoms with Crippen molar-refractivity contribution in [3.05, 3.63) is 0 Å². The lowest BCUT2D eigenvalue weighted by Crippen LogP contribution is -2.39. The first-order valence-corrected chi connectivity index (χ1v) is 23.3. The molecule has 0 aliphatic heterocycles. The summed E-state index contributed by atoms with van der Waals surface area (Å²) in [5.41, 5.74) is 0. The van der Waals surface area contributed by atoms with Crippen molar-refractivity contribution in [2.75, 3.05) is 226 Å². The molecule has 48 heteroatoms. The molecule has 0 fully saturated rings. The van der Waals surface area contributed by atoms with Crippen LogP contribution in [0.15, 0.2) is 0 Å². The topological polar surface area (TPSA) is 308 Å². The Morgan fingerprint density at radius 3 is 0.261 bits per heavy atom. The number of amidine groups is 8. The third kappa shape index (κ3) is 90.4. The van der Waals surface area contributed by atoms with Crippen molar-refractivity contribution in [2.24, 2.45) is 0 Å². The SMILES string of the molecule is COC(N(C)F)=[N+](C)C.COC(N(C)F)=[N+](C)C.COC(N(C)F)=[N+](C)C.COC(N(C)F)=[N+](C)C.COC(N(C)F)=[N+](C)C.COC(N(C)F)=[N+](C)C.COC(N(C)F)=[N+](C)C.COC(N(C)F)=[N+](C)C.[O-]B([O-])F.[O-]B([O-])F.[O-]B([O-])F.[O-]B([O-])F. The van der Waals surface area contributed by atoms with E-state index < -0.39 is 29.6 Å². The van der Waals surface area contributed by atoms with E-state index in [0.717, 1.165) is 0 Å². The molecule has 88 heavy (non-hydrogen) atoms. The number of rotatable bonds is 0. The molecule has 0 atom stereocenters. The molecule has 32 nitrogen and oxygen atoms in total. The largest absolute Gasteiger partial charge is 0.867 e. The summed E-state index contributed by atoms with van der Waals surface area (Å²) in [6.07, 6.45) is 0. The lowest BCUT2D eigenvalue weighted by molar-refractivity contribution is -0.483. The van der Waals surface area contributed by atoms with Gasteiger partial charge in [0.15, 0.2) is 0 Å². The normalized spacial score (nSPS) is 8.23. The Labute approximate surface area is 511 Å². The summed E-state index contributed by atoms with van der Waals surface area (Å²) in [6, 6.07) is 1.52. The van der Waals surface area contributed by atoms with Gasteiger partial charge in [0.1, 0.15) is 86.0 Å². The van der Waals surface area contributed by atoms with Crippen LogP contribution in [0, 0.1) is 0 Å². The van der Waals surface area contributed by atoms with Gasteiger partial charge < -0.3 is 95.3 Å². The van der Waals surface area contributed by atoms with Gasteiger partial charge in [0.05, 0.1) is 170 Å². The predicted molar refractivity (Wildman–Crippen MR) is 291 cm³/mol. The van der Waals surface area contributed by atoms with E-state index >= 15 is 0 Å². The third-order valence-electron chi connectivity index (χ3n) is 6.63. The minimum atomic E-state index is -3.17. The molecular formula is C40H96B4F12N16O16. The van der Waals surface area contributed by atoms with Gasteiger partial charge >= 0.3 is 48.2 Å². The highest BCUT2D eigenvalue weighted by Gasteiger charge is 2.19. The number of methoxy groups -OCH3 is 8. The van der Waals surface area contributed by atoms with Crippen molar-refractivity contribution in [3.8, 4) is 0 Å². The second-order valence-electron chi connectivity index (χ2n) is 16.0. The van der Waals surface area contributed by atoms with Crippen molar-refractivity contribution < 1.29 is 168 Å². The average molecular weight is 1330 g/mol. The fourth-order valence-corrected chi connectivity index (χ4v) is 4.67. The lowest BCUT2D eigenvalue weighted by atomic mass is 10.3. The van der Waals surface area contributed by atoms with Crippen molar-refractivity contribution in [3.63, 3.8) is 0 Å². The van der Waals surface area contributed by atoms with E-state index in [1.165, 1.54) is 113 Å². The molecular weight excluding hydrogens is 1230 g/mol. The third-order valence-corrected chi connectivity index (χ3v) is 6.63. The Kier molecular flexibility index (Phi) is 86.0. The fraction of sp³-hybridized carbons (Fsp3) is 0.800. The van der Waals surface area contributed by atoms with Crippen molar-refractivity contribution in [1.82, 2.24) is 41.0 Å². The van der Waals surface area contributed by atoms with Crippen molar-refractivity contribution >= 4 is 77.8 Å². The van der Waals surface area contributed by atoms with Crippen LogP contribution in [-0.4, -0.2) is 381 Å². The molecule has 528 valence electrons. The van der Waals surface area contributed by atoms with Crippen LogP contribution in [0.3, 0.4) is 0 Å². The standard InChI is InChI=1S/8C5H12FN2O.4BFO2/c8*1-7(2)5(9-4)8(3)6;4*2-1(3)4/h8*1-4H3;;;;/q8*+1;4*-2. The van der Waals surface area contributed by atoms with E-state index in [1.807, 2.05) is 0 Å². The first kappa shape index (κ1) is 109. The molecule has 0 radical (unpaired) electrons. The molecule has 0 rings (SSSR count). The molecule has 0 aliphatic rings. The molecule has 0 aromatic rings. The van der Waals surface area contributed by atoms with E-state index in [4.69, 9.17) is 40.2 Å². The number of ether oxygens (including phenoxy) is 8. The van der Waals surface area contributed by atoms with Gasteiger partial charge in [-0.25, -0.2) is 36.6 Å². The van der Waals surface area contributed by atoms with Crippen LogP contribution in [0.1, 0.15) is 0 Å². The average Bonchev–Trinajstić information content (AvgIpc) is 3.29. The minimum absolute atomic E-state index is 0.190. The molecule has 0 aromatic heterocycles. The summed E-state index contributed by atoms with van der Waals surface area (Å²) in [5, 5.41) is 69.8. The first-order chi connectivity index (χ1) is 39.7. The van der Waals surface area contributed by atoms with Gasteiger partial charge in [0.2, 0.25) is 0 Å². The summed E-state index contributed by atoms with van der Waals surface area (Å²) < 4.78 is 187. The Morgan fingerprint density at radius 1 is 0.216 bits per heavy atom. The molecule has 0 aliphatic carbocycles. The Morgan fingerprint density at radius 2 is 0.261 bits per heavy atom. The molecule has 0 unspecified atom stereocenters. The summed E-state index contributed by atoms with van der Waals surface area (Å²) in [6.45, 7) is 0. The van der Waals surface area contributed by atoms with Crippen molar-refractivity contribution in [2.45, 2.75) is 0 Å². The fourth-order valence-electron chi connectivity index (χ4n) is 4.67. The minimum Gasteiger partial charge on any atom is -0.867 e. The zero-order valence-corrected chi connectivity index (χ0v) is 56.5. The Bertz CT molecular complexity index is 1520. The van der Waals surface area contributed by atoms with Gasteiger partial charge in [-0.1, -0.05) is 0 Å². The second kappa shape index (κ2) is 69.4. The van der Waals surface area contributed by atoms with Crippen LogP contribution in [0.2, 0.25) is 0 Å². The molecule has 0 bridgehead atoms. The van der Waals surface area contributed by atoms with Gasteiger partial charge in [-0.05, 0) is 41.0 Å². The number of nitrogens with zero attached hydrogens (tertiary/aromatic N) is 16. The quantitative estimate of drug-likeness (QED) is 0.0543. The highest BCUT2D eigenvalue weighted by Crippen LogP contribution is 1.91. The molecule has 0 saturated carbocycles. The van der Waals surface area contributed by atoms with E-state index in [1.54, 1.807) is 149 Å². The summed E-state index contributed by atoms with van der Waals surface area (Å²) in [4.78, 5) is 0. The van der Waals surface area contributed by atoms with Gasteiger partial charge in [-0.2, -0.15) is 0 Å². The molecule has 0 saturated heterocycles. The van der Waals surface area contributed by atoms with Crippen LogP contribution in [0.5, 0.6) is 0 Å². The molecule has 0 heterocycles. The van der Waals surface area contributed by atoms with Gasteiger partial charge in [-0.3, -0.25) is 0 Å². The number of hydrogen-bond acceptors (Lipinski definition) is 16. The zero-order valence-electron chi connectivity index (χ0n) is 56.5. The second-order valence-corrected chi connectivity index (χ2v) is 16.0. The van der Waals surface area contributed by atoms with Crippen LogP contribution in [-0.2, 0) is 37.9 Å². The highest BCUT2D eigenvalue weighted by molar-refractivity contribution is 6.27. The zero-order chi connectivity index (χ0) is 73.8. The van der Waals surface area contributed by atoms with Gasteiger partial charge in [-0.15, -0.1) is 0 Å². The molecule has 0 amide bonds. The van der Waals surface area contributed by atoms with Gasteiger partial charge in [0, 0.05) is 35.9 Å². The smallest absolute Gasteiger partial charge is 0.481 e. The summed E-state index contributed by atoms with van der Waals surface area (Å²) >= 11 is 0. The highest BCUT2D eigenvalue weighted by atomic mass is 19.2. The molecule has 0 N–H and O–H groups in total. The number of hydrogen-bond donors (Lipinski definition) is 0. The Hall–Kier alpha value is -6.74. The maximum atomic E-state index is 12.2. The maximum Gasteiger partial charge on any atom is 0.481 e. The first-order valence-electron chi connectivity index (χ1n) is 23.3. The van der Waals surface area contributed by atoms with Crippen LogP contribution in [0.4, 0.5) is 53.1 Å². The summed E-state index contributed by atoms with van der Waals surface area (Å²) in [7, 11) is 36.2. The van der Waals surface area contributed by atoms with Crippen molar-refractivity contribution in [1.29, 1.82) is 0 Å². The van der Waals surface area contributed by atoms with Crippen LogP contribution < -0.4 is 40.2 Å². The summed E-state index contributed by atoms with van der Waals surface area (Å²) in [5.74, 6) is 0. The number of halogens is 12. The van der Waals surface area contributed by atoms with Crippen LogP contribution >= 0.6 is 0 Å². The van der Waals surface area contributed by atoms with Gasteiger partial charge in [0.25, 0.3) is 0 Å². The Balaban J connectivity index is -0.0000000724. The predicted octanol–water partition coefficient (Wildman–Crippen LogP) is -8.74. The van der Waals surface area contributed by atoms with E-state index in [-0.39, 0.29) is 48.2 Å². The lowest BCUT2D eigenvalue weighted by Gasteiger charge is -2.09.